The van der Waals surface area contributed by atoms with Crippen molar-refractivity contribution in [1.82, 2.24) is 44.6 Å². The van der Waals surface area contributed by atoms with Crippen molar-refractivity contribution in [2.24, 2.45) is 0 Å². The minimum Gasteiger partial charge on any atom is 0 e. The number of H-pyrrole nitrogens is 3. The number of rotatable bonds is 9. The van der Waals surface area contributed by atoms with Crippen molar-refractivity contribution in [3.63, 3.8) is 0 Å². The Morgan fingerprint density at radius 1 is 0.505 bits per heavy atom. The van der Waals surface area contributed by atoms with E-state index in [2.05, 4.69) is 255 Å². The number of aryl methyl sites for hydroxylation is 2. The van der Waals surface area contributed by atoms with Crippen LogP contribution < -0.4 is 10.9 Å². The van der Waals surface area contributed by atoms with Gasteiger partial charge in [0, 0.05) is 86.4 Å². The number of benzene rings is 4. The summed E-state index contributed by atoms with van der Waals surface area (Å²) in [5.74, 6) is 2.38. The summed E-state index contributed by atoms with van der Waals surface area (Å²) in [6.07, 6.45) is 10.0. The van der Waals surface area contributed by atoms with Gasteiger partial charge < -0.3 is 47.8 Å². The number of nitrogens with one attached hydrogen (secondary N) is 3. The van der Waals surface area contributed by atoms with Crippen molar-refractivity contribution < 1.29 is 52.1 Å². The van der Waals surface area contributed by atoms with Crippen LogP contribution in [0.15, 0.2) is 108 Å². The third-order valence-corrected chi connectivity index (χ3v) is 22.6. The molecule has 4 aromatic carbocycles. The Morgan fingerprint density at radius 3 is 1.27 bits per heavy atom. The number of halogens is 4. The summed E-state index contributed by atoms with van der Waals surface area (Å²) in [6.45, 7) is 40.0. The van der Waals surface area contributed by atoms with E-state index in [0.717, 1.165) is 112 Å². The van der Waals surface area contributed by atoms with Crippen LogP contribution >= 0.6 is 98.5 Å². The third kappa shape index (κ3) is 20.5. The number of hydrogen-bond donors (Lipinski definition) is 3. The predicted molar refractivity (Wildman–Crippen MR) is 459 cm³/mol. The second-order valence-corrected chi connectivity index (χ2v) is 71.3. The molecule has 5 aliphatic heterocycles. The maximum absolute atomic E-state index is 12.9. The van der Waals surface area contributed by atoms with Crippen LogP contribution in [-0.2, 0) is 37.7 Å². The first kappa shape index (κ1) is 85.8. The molecule has 3 radical (unpaired) electrons. The first-order valence-electron chi connectivity index (χ1n) is 36.1. The Labute approximate surface area is 704 Å². The molecule has 3 atom stereocenters. The summed E-state index contributed by atoms with van der Waals surface area (Å²) in [4.78, 5) is 69.3. The van der Waals surface area contributed by atoms with Gasteiger partial charge >= 0.3 is 97.4 Å². The van der Waals surface area contributed by atoms with E-state index in [4.69, 9.17) is 37.8 Å². The Hall–Kier alpha value is -3.67. The van der Waals surface area contributed by atoms with E-state index in [9.17, 15) is 14.4 Å². The topological polar surface area (TPSA) is 212 Å². The molecule has 0 aliphatic carbocycles. The molecule has 5 aliphatic rings. The average molecular weight is 2030 g/mol. The minimum atomic E-state index is -0.548. The fourth-order valence-electron chi connectivity index (χ4n) is 13.6. The van der Waals surface area contributed by atoms with Crippen LogP contribution in [0.5, 0.6) is 0 Å². The van der Waals surface area contributed by atoms with Gasteiger partial charge in [0.15, 0.2) is 0 Å². The normalized spacial score (nSPS) is 19.5. The molecule has 19 nitrogen and oxygen atoms in total. The second kappa shape index (κ2) is 34.2. The molecule has 0 bridgehead atoms. The van der Waals surface area contributed by atoms with Gasteiger partial charge in [0.05, 0.1) is 70.5 Å². The van der Waals surface area contributed by atoms with E-state index in [0.29, 0.717) is 13.1 Å². The fourth-order valence-corrected chi connectivity index (χ4v) is 16.0. The summed E-state index contributed by atoms with van der Waals surface area (Å²) < 4.78 is 45.2. The van der Waals surface area contributed by atoms with Gasteiger partial charge in [-0.15, -0.1) is 22.7 Å². The number of fused-ring (bicyclic) bond motifs is 2. The van der Waals surface area contributed by atoms with E-state index < -0.39 is 16.8 Å². The summed E-state index contributed by atoms with van der Waals surface area (Å²) in [5.41, 5.74) is 7.80. The summed E-state index contributed by atoms with van der Waals surface area (Å²) >= 11 is 14.3. The number of hydrogen-bond acceptors (Lipinski definition) is 15. The summed E-state index contributed by atoms with van der Waals surface area (Å²) in [6, 6.07) is 30.1. The molecule has 0 spiro atoms. The van der Waals surface area contributed by atoms with E-state index in [1.54, 1.807) is 43.6 Å². The molecule has 5 saturated heterocycles. The van der Waals surface area contributed by atoms with Crippen LogP contribution in [0.3, 0.4) is 0 Å². The standard InChI is InChI=1S/C39H46N6O4S.C27H34B2O4S.C12H18BrN3O2.3HI.In.V/c1-23-20-28-26(16-17-27(33(28)50-23)30-22-41-35(43-30)32-11-9-19-45(32)37(47)49-39(5,6)7)24-12-14-25(15-13-24)29-21-40-34(42-29)31-10-8-18-44(31)36(46)48-38(2,3)4;1-17-16-21-20(14-15-22(23(21)34-17)29-32-26(6,7)27(8,9)33-29)18-10-12-19(13-11-18)28-30-24(2,3)25(4,5)31-28;1-12(2,3)18-11(17)16-6-4-5-8(16)10-14-7-9(13)15-10;;;;;/h12-17,20-22,31-32H,8-11,18-19H2,1-7H3,(H,40,42)(H,41,43);10-16H,1-9H3;7-8H,4-6H2,1-3H3,(H,14,15);3*1H;;/q;;;;;;;+3/p-3/t31-,32-;;8-;;;;;/m0.0...../s1. The summed E-state index contributed by atoms with van der Waals surface area (Å²) in [7, 11) is -0.724. The Bertz CT molecular complexity index is 4590. The quantitative estimate of drug-likeness (QED) is 0.0698. The molecule has 14 rings (SSSR count). The zero-order valence-corrected chi connectivity index (χ0v) is 79.1. The molecule has 9 aromatic rings. The molecule has 3 amide bonds. The molecular weight excluding hydrogens is 1940 g/mol. The zero-order valence-electron chi connectivity index (χ0n) is 64.7. The number of ether oxygens (including phenoxy) is 3. The fraction of sp³-hybridized carbons (Fsp3) is 0.487. The maximum atomic E-state index is 12.9. The van der Waals surface area contributed by atoms with E-state index in [-0.39, 0.29) is 104 Å². The summed E-state index contributed by atoms with van der Waals surface area (Å²) in [5, 5.41) is 2.43. The van der Waals surface area contributed by atoms with Crippen molar-refractivity contribution >= 4 is 188 Å². The van der Waals surface area contributed by atoms with Crippen molar-refractivity contribution in [1.29, 1.82) is 0 Å². The number of carbonyl (C=O) groups is 3. The van der Waals surface area contributed by atoms with Crippen molar-refractivity contribution in [3.8, 4) is 44.8 Å². The molecule has 10 heterocycles. The van der Waals surface area contributed by atoms with Gasteiger partial charge in [0.25, 0.3) is 0 Å². The monoisotopic (exact) mass is 2030 g/mol. The maximum Gasteiger partial charge on any atom is 0 e. The van der Waals surface area contributed by atoms with Crippen LogP contribution in [-0.4, -0.2) is 162 Å². The molecule has 3 N–H and O–H groups in total. The van der Waals surface area contributed by atoms with E-state index >= 15 is 0 Å². The molecule has 0 saturated carbocycles. The van der Waals surface area contributed by atoms with Gasteiger partial charge in [-0.3, -0.25) is 14.7 Å². The van der Waals surface area contributed by atoms with Gasteiger partial charge in [-0.1, -0.05) is 72.8 Å². The number of carbonyl (C=O) groups excluding carboxylic acids is 3. The van der Waals surface area contributed by atoms with Crippen LogP contribution in [0.1, 0.15) is 202 Å². The average Bonchev–Trinajstić information content (AvgIpc) is 1.59. The molecule has 107 heavy (non-hydrogen) atoms. The molecule has 5 fully saturated rings. The van der Waals surface area contributed by atoms with Gasteiger partial charge in [0.2, 0.25) is 0 Å². The van der Waals surface area contributed by atoms with E-state index in [1.807, 2.05) is 74.7 Å². The predicted octanol–water partition coefficient (Wildman–Crippen LogP) is 20.8. The number of likely N-dealkylation sites (tertiary alicyclic amines) is 3. The van der Waals surface area contributed by atoms with Gasteiger partial charge in [-0.25, -0.2) is 29.3 Å². The van der Waals surface area contributed by atoms with Crippen molar-refractivity contribution in [2.75, 3.05) is 19.6 Å². The third-order valence-electron chi connectivity index (χ3n) is 20.0. The number of imidazole rings is 3. The van der Waals surface area contributed by atoms with Crippen LogP contribution in [0.25, 0.3) is 64.9 Å². The first-order chi connectivity index (χ1) is 49.5. The van der Waals surface area contributed by atoms with Gasteiger partial charge in [-0.05, 0) is 231 Å². The zero-order chi connectivity index (χ0) is 77.0. The number of aromatic amines is 3. The number of nitrogens with zero attached hydrogens (tertiary/aromatic N) is 6. The second-order valence-electron chi connectivity index (χ2n) is 32.6. The van der Waals surface area contributed by atoms with Crippen LogP contribution in [0.2, 0.25) is 0 Å². The van der Waals surface area contributed by atoms with Crippen molar-refractivity contribution in [3.05, 3.63) is 135 Å². The number of aromatic nitrogens is 6. The number of thiophene rings is 2. The molecule has 29 heteroatoms. The minimum absolute atomic E-state index is 0. The first-order valence-corrected chi connectivity index (χ1v) is 52.0. The smallest absolute Gasteiger partial charge is 0 e. The molecule has 5 aromatic heterocycles. The van der Waals surface area contributed by atoms with E-state index in [1.165, 1.54) is 41.1 Å². The van der Waals surface area contributed by atoms with Crippen LogP contribution in [0, 0.1) is 13.8 Å². The van der Waals surface area contributed by atoms with Crippen molar-refractivity contribution in [2.45, 2.75) is 227 Å². The van der Waals surface area contributed by atoms with Crippen LogP contribution in [0.4, 0.5) is 14.4 Å². The Morgan fingerprint density at radius 2 is 0.850 bits per heavy atom. The largest absolute Gasteiger partial charge is 0 e. The Balaban J connectivity index is 0.000000184. The molecular formula is C78H98B2BrI3InN9O10S2V. The molecule has 569 valence electrons. The molecule has 0 unspecified atom stereocenters. The number of amides is 3. The van der Waals surface area contributed by atoms with Gasteiger partial charge in [-0.2, -0.15) is 0 Å². The Kier molecular flexibility index (Phi) is 27.4. The SMILES string of the molecule is CC(C)(C)OC(=O)N1CCC[C@H]1c1ncc(Br)[nH]1.Cc1cc2c(-c3ccc(-c4cnc([C@@H]5CCCN5C(=O)OC(C)(C)C)[nH]4)cc3)ccc(-c3cnc([C@@H]4CCCN4C(=O)OC(C)(C)C)[nH]3)c2s1.Cc1cc2c(-c3ccc(B4OC(C)(C)C(C)(C)O4)cc3)ccc(B3OC(C)(C)C(C)(C)O3)c2s1.[I][V]([I])[I].[In]. The van der Waals surface area contributed by atoms with Gasteiger partial charge in [0.1, 0.15) is 38.9 Å².